The summed E-state index contributed by atoms with van der Waals surface area (Å²) in [6, 6.07) is 19.0. The van der Waals surface area contributed by atoms with Crippen LogP contribution in [-0.4, -0.2) is 17.7 Å². The van der Waals surface area contributed by atoms with Crippen molar-refractivity contribution in [2.45, 2.75) is 19.1 Å². The van der Waals surface area contributed by atoms with E-state index in [1.54, 1.807) is 24.3 Å². The summed E-state index contributed by atoms with van der Waals surface area (Å²) in [7, 11) is 0. The predicted molar refractivity (Wildman–Crippen MR) is 98.8 cm³/mol. The molecule has 0 fully saturated rings. The van der Waals surface area contributed by atoms with E-state index in [0.29, 0.717) is 23.6 Å². The van der Waals surface area contributed by atoms with Gasteiger partial charge in [0.1, 0.15) is 11.6 Å². The number of hydrogen-bond donors (Lipinski definition) is 0. The monoisotopic (exact) mass is 364 g/mol. The lowest BCUT2D eigenvalue weighted by molar-refractivity contribution is -0.128. The molecule has 2 heterocycles. The molecule has 0 saturated carbocycles. The molecule has 27 heavy (non-hydrogen) atoms. The maximum Gasteiger partial charge on any atom is 0.271 e. The number of benzene rings is 2. The topological polar surface area (TPSA) is 55.0 Å². The third kappa shape index (κ3) is 3.74. The molecule has 3 aromatic rings. The number of amides is 1. The van der Waals surface area contributed by atoms with Gasteiger partial charge < -0.3 is 14.2 Å². The summed E-state index contributed by atoms with van der Waals surface area (Å²) in [5, 5.41) is 4.07. The molecule has 1 amide bonds. The number of furan rings is 1. The molecule has 1 aliphatic heterocycles. The Bertz CT molecular complexity index is 955. The van der Waals surface area contributed by atoms with E-state index in [1.807, 2.05) is 30.3 Å². The minimum atomic E-state index is -0.765. The first kappa shape index (κ1) is 17.0. The lowest BCUT2D eigenvalue weighted by Crippen LogP contribution is -2.39. The summed E-state index contributed by atoms with van der Waals surface area (Å²) < 4.78 is 19.1. The Morgan fingerprint density at radius 2 is 1.96 bits per heavy atom. The number of hydrogen-bond acceptors (Lipinski definition) is 4. The summed E-state index contributed by atoms with van der Waals surface area (Å²) in [5.74, 6) is -0.125. The zero-order valence-electron chi connectivity index (χ0n) is 14.4. The van der Waals surface area contributed by atoms with Gasteiger partial charge in [-0.2, -0.15) is 0 Å². The van der Waals surface area contributed by atoms with Crippen LogP contribution in [0.25, 0.3) is 0 Å². The number of halogens is 1. The Labute approximate surface area is 155 Å². The normalized spacial score (nSPS) is 15.9. The van der Waals surface area contributed by atoms with E-state index in [9.17, 15) is 9.18 Å². The molecule has 0 radical (unpaired) electrons. The molecular weight excluding hydrogens is 347 g/mol. The molecule has 0 aliphatic carbocycles. The van der Waals surface area contributed by atoms with E-state index in [1.165, 1.54) is 23.3 Å². The average molecular weight is 364 g/mol. The second-order valence-electron chi connectivity index (χ2n) is 6.19. The average Bonchev–Trinajstić information content (AvgIpc) is 3.38. The van der Waals surface area contributed by atoms with Gasteiger partial charge in [0.2, 0.25) is 6.10 Å². The molecule has 1 atom stereocenters. The van der Waals surface area contributed by atoms with E-state index < -0.39 is 11.9 Å². The lowest BCUT2D eigenvalue weighted by Gasteiger charge is -2.24. The summed E-state index contributed by atoms with van der Waals surface area (Å²) in [6.45, 7) is 0.176. The minimum Gasteiger partial charge on any atom is -0.467 e. The lowest BCUT2D eigenvalue weighted by atomic mass is 10.0. The van der Waals surface area contributed by atoms with Crippen molar-refractivity contribution in [3.63, 3.8) is 0 Å². The molecule has 1 aliphatic rings. The van der Waals surface area contributed by atoms with Crippen LogP contribution < -0.4 is 4.90 Å². The number of anilines is 1. The minimum absolute atomic E-state index is 0.176. The summed E-state index contributed by atoms with van der Waals surface area (Å²) in [4.78, 5) is 20.0. The van der Waals surface area contributed by atoms with Crippen LogP contribution in [0.3, 0.4) is 0 Å². The van der Waals surface area contributed by atoms with Crippen LogP contribution in [0.4, 0.5) is 10.1 Å². The van der Waals surface area contributed by atoms with Gasteiger partial charge in [-0.3, -0.25) is 4.79 Å². The second kappa shape index (κ2) is 7.45. The number of carbonyl (C=O) groups excluding carboxylic acids is 1. The molecule has 0 bridgehead atoms. The fraction of sp³-hybridized carbons (Fsp3) is 0.143. The van der Waals surface area contributed by atoms with E-state index in [0.717, 1.165) is 5.56 Å². The van der Waals surface area contributed by atoms with Crippen LogP contribution in [0.1, 0.15) is 17.7 Å². The molecule has 0 N–H and O–H groups in total. The van der Waals surface area contributed by atoms with Gasteiger partial charge >= 0.3 is 0 Å². The van der Waals surface area contributed by atoms with Crippen molar-refractivity contribution in [1.82, 2.24) is 0 Å². The first-order valence-electron chi connectivity index (χ1n) is 8.58. The fourth-order valence-electron chi connectivity index (χ4n) is 2.98. The van der Waals surface area contributed by atoms with Gasteiger partial charge in [0, 0.05) is 12.1 Å². The highest BCUT2D eigenvalue weighted by Crippen LogP contribution is 2.24. The Morgan fingerprint density at radius 1 is 1.11 bits per heavy atom. The Balaban J connectivity index is 1.56. The van der Waals surface area contributed by atoms with Gasteiger partial charge in [-0.15, -0.1) is 0 Å². The molecule has 0 unspecified atom stereocenters. The van der Waals surface area contributed by atoms with Crippen LogP contribution in [-0.2, 0) is 16.2 Å². The van der Waals surface area contributed by atoms with Crippen molar-refractivity contribution in [2.24, 2.45) is 5.16 Å². The highest BCUT2D eigenvalue weighted by molar-refractivity contribution is 6.06. The van der Waals surface area contributed by atoms with Crippen molar-refractivity contribution < 1.29 is 18.4 Å². The highest BCUT2D eigenvalue weighted by Gasteiger charge is 2.33. The van der Waals surface area contributed by atoms with Gasteiger partial charge in [-0.25, -0.2) is 4.39 Å². The summed E-state index contributed by atoms with van der Waals surface area (Å²) >= 11 is 0. The second-order valence-corrected chi connectivity index (χ2v) is 6.19. The van der Waals surface area contributed by atoms with Gasteiger partial charge in [0.25, 0.3) is 5.91 Å². The quantitative estimate of drug-likeness (QED) is 0.684. The van der Waals surface area contributed by atoms with E-state index in [4.69, 9.17) is 9.25 Å². The maximum absolute atomic E-state index is 13.7. The van der Waals surface area contributed by atoms with Crippen molar-refractivity contribution in [3.05, 3.63) is 90.1 Å². The highest BCUT2D eigenvalue weighted by atomic mass is 19.1. The number of rotatable bonds is 5. The van der Waals surface area contributed by atoms with Gasteiger partial charge in [0.15, 0.2) is 0 Å². The zero-order valence-corrected chi connectivity index (χ0v) is 14.4. The first-order valence-corrected chi connectivity index (χ1v) is 8.58. The van der Waals surface area contributed by atoms with Crippen molar-refractivity contribution in [2.75, 3.05) is 4.90 Å². The van der Waals surface area contributed by atoms with E-state index in [2.05, 4.69) is 5.16 Å². The molecule has 5 nitrogen and oxygen atoms in total. The zero-order chi connectivity index (χ0) is 18.6. The SMILES string of the molecule is O=C([C@H]1CC(c2ccccc2)=NO1)N(Cc1ccco1)c1cccc(F)c1. The third-order valence-corrected chi connectivity index (χ3v) is 4.33. The van der Waals surface area contributed by atoms with Gasteiger partial charge in [-0.1, -0.05) is 41.6 Å². The summed E-state index contributed by atoms with van der Waals surface area (Å²) in [5.41, 5.74) is 2.07. The van der Waals surface area contributed by atoms with E-state index >= 15 is 0 Å². The number of oxime groups is 1. The van der Waals surface area contributed by atoms with E-state index in [-0.39, 0.29) is 12.5 Å². The molecule has 0 saturated heterocycles. The number of nitrogens with zero attached hydrogens (tertiary/aromatic N) is 2. The van der Waals surface area contributed by atoms with Crippen molar-refractivity contribution >= 4 is 17.3 Å². The fourth-order valence-corrected chi connectivity index (χ4v) is 2.98. The van der Waals surface area contributed by atoms with Crippen LogP contribution in [0.5, 0.6) is 0 Å². The smallest absolute Gasteiger partial charge is 0.271 e. The van der Waals surface area contributed by atoms with Crippen LogP contribution >= 0.6 is 0 Å². The Morgan fingerprint density at radius 3 is 2.70 bits per heavy atom. The predicted octanol–water partition coefficient (Wildman–Crippen LogP) is 4.15. The largest absolute Gasteiger partial charge is 0.467 e. The molecule has 2 aromatic carbocycles. The maximum atomic E-state index is 13.7. The molecule has 1 aromatic heterocycles. The van der Waals surface area contributed by atoms with Gasteiger partial charge in [-0.05, 0) is 35.9 Å². The molecular formula is C21H17FN2O3. The molecule has 4 rings (SSSR count). The summed E-state index contributed by atoms with van der Waals surface area (Å²) in [6.07, 6.45) is 1.12. The Hall–Kier alpha value is -3.41. The van der Waals surface area contributed by atoms with Crippen LogP contribution in [0, 0.1) is 5.82 Å². The van der Waals surface area contributed by atoms with Crippen LogP contribution in [0.2, 0.25) is 0 Å². The number of carbonyl (C=O) groups is 1. The first-order chi connectivity index (χ1) is 13.2. The molecule has 136 valence electrons. The standard InChI is InChI=1S/C21H17FN2O3/c22-16-8-4-9-17(12-16)24(14-18-10-5-11-26-18)21(25)20-13-19(23-27-20)15-6-2-1-3-7-15/h1-12,20H,13-14H2/t20-/m1/s1. The Kier molecular flexibility index (Phi) is 4.70. The molecule has 6 heteroatoms. The van der Waals surface area contributed by atoms with Gasteiger partial charge in [0.05, 0.1) is 18.5 Å². The third-order valence-electron chi connectivity index (χ3n) is 4.33. The van der Waals surface area contributed by atoms with Crippen molar-refractivity contribution in [1.29, 1.82) is 0 Å². The van der Waals surface area contributed by atoms with Crippen molar-refractivity contribution in [3.8, 4) is 0 Å². The van der Waals surface area contributed by atoms with Crippen LogP contribution in [0.15, 0.2) is 82.6 Å². The molecule has 0 spiro atoms.